The molecule has 0 aliphatic heterocycles. The molecule has 0 aromatic carbocycles. The van der Waals surface area contributed by atoms with E-state index in [2.05, 4.69) is 26.0 Å². The van der Waals surface area contributed by atoms with Gasteiger partial charge in [0, 0.05) is 0 Å². The summed E-state index contributed by atoms with van der Waals surface area (Å²) in [6.07, 6.45) is 14.0. The lowest BCUT2D eigenvalue weighted by molar-refractivity contribution is 0.516. The van der Waals surface area contributed by atoms with Crippen LogP contribution in [0.25, 0.3) is 0 Å². The molecule has 15 heavy (non-hydrogen) atoms. The van der Waals surface area contributed by atoms with Crippen molar-refractivity contribution in [1.29, 1.82) is 5.26 Å². The largest absolute Gasteiger partial charge is 0.198 e. The first-order valence-corrected chi connectivity index (χ1v) is 6.29. The summed E-state index contributed by atoms with van der Waals surface area (Å²) in [6.45, 7) is 4.58. The minimum absolute atomic E-state index is 0.564. The summed E-state index contributed by atoms with van der Waals surface area (Å²) in [4.78, 5) is 0. The molecule has 0 N–H and O–H groups in total. The fraction of sp³-hybridized carbons (Fsp3) is 0.786. The van der Waals surface area contributed by atoms with Crippen molar-refractivity contribution in [3.8, 4) is 6.07 Å². The van der Waals surface area contributed by atoms with Gasteiger partial charge in [-0.15, -0.1) is 0 Å². The van der Waals surface area contributed by atoms with Crippen LogP contribution in [0, 0.1) is 17.2 Å². The van der Waals surface area contributed by atoms with Gasteiger partial charge in [-0.1, -0.05) is 58.1 Å². The van der Waals surface area contributed by atoms with Gasteiger partial charge in [-0.3, -0.25) is 0 Å². The van der Waals surface area contributed by atoms with Crippen molar-refractivity contribution in [1.82, 2.24) is 0 Å². The monoisotopic (exact) mass is 207 g/mol. The van der Waals surface area contributed by atoms with Crippen LogP contribution in [0.2, 0.25) is 0 Å². The zero-order chi connectivity index (χ0) is 11.4. The maximum atomic E-state index is 8.31. The van der Waals surface area contributed by atoms with Crippen molar-refractivity contribution in [3.05, 3.63) is 12.2 Å². The Bertz CT molecular complexity index is 186. The van der Waals surface area contributed by atoms with Gasteiger partial charge < -0.3 is 0 Å². The van der Waals surface area contributed by atoms with Crippen LogP contribution in [-0.2, 0) is 0 Å². The molecular formula is C14H25N. The minimum atomic E-state index is 0.564. The van der Waals surface area contributed by atoms with Gasteiger partial charge in [-0.25, -0.2) is 0 Å². The van der Waals surface area contributed by atoms with Crippen LogP contribution >= 0.6 is 0 Å². The lowest BCUT2D eigenvalue weighted by Crippen LogP contribution is -1.86. The Balaban J connectivity index is 3.02. The summed E-state index contributed by atoms with van der Waals surface area (Å²) in [6, 6.07) is 2.11. The van der Waals surface area contributed by atoms with Crippen LogP contribution in [0.15, 0.2) is 12.2 Å². The second-order valence-corrected chi connectivity index (χ2v) is 4.57. The van der Waals surface area contributed by atoms with E-state index in [0.29, 0.717) is 6.42 Å². The summed E-state index contributed by atoms with van der Waals surface area (Å²) in [5.74, 6) is 0.860. The Morgan fingerprint density at radius 1 is 1.00 bits per heavy atom. The molecule has 0 amide bonds. The van der Waals surface area contributed by atoms with Crippen LogP contribution in [0.1, 0.15) is 65.2 Å². The van der Waals surface area contributed by atoms with Gasteiger partial charge in [0.25, 0.3) is 0 Å². The molecule has 0 bridgehead atoms. The predicted octanol–water partition coefficient (Wildman–Crippen LogP) is 4.84. The van der Waals surface area contributed by atoms with E-state index in [4.69, 9.17) is 5.26 Å². The number of nitrogens with zero attached hydrogens (tertiary/aromatic N) is 1. The molecule has 0 aromatic rings. The predicted molar refractivity (Wildman–Crippen MR) is 66.5 cm³/mol. The van der Waals surface area contributed by atoms with E-state index < -0.39 is 0 Å². The number of hydrogen-bond donors (Lipinski definition) is 0. The molecule has 1 heteroatoms. The van der Waals surface area contributed by atoms with E-state index in [1.807, 2.05) is 6.08 Å². The van der Waals surface area contributed by atoms with E-state index in [1.54, 1.807) is 0 Å². The van der Waals surface area contributed by atoms with Crippen molar-refractivity contribution in [2.75, 3.05) is 0 Å². The summed E-state index contributed by atoms with van der Waals surface area (Å²) in [5, 5.41) is 8.31. The Labute approximate surface area is 95.2 Å². The van der Waals surface area contributed by atoms with Gasteiger partial charge >= 0.3 is 0 Å². The summed E-state index contributed by atoms with van der Waals surface area (Å²) >= 11 is 0. The topological polar surface area (TPSA) is 23.8 Å². The van der Waals surface area contributed by atoms with E-state index in [1.165, 1.54) is 38.5 Å². The van der Waals surface area contributed by atoms with Crippen molar-refractivity contribution >= 4 is 0 Å². The van der Waals surface area contributed by atoms with Crippen molar-refractivity contribution in [2.24, 2.45) is 5.92 Å². The Morgan fingerprint density at radius 3 is 2.33 bits per heavy atom. The molecule has 1 nitrogen and oxygen atoms in total. The fourth-order valence-corrected chi connectivity index (χ4v) is 1.60. The highest BCUT2D eigenvalue weighted by atomic mass is 14.2. The maximum absolute atomic E-state index is 8.31. The van der Waals surface area contributed by atoms with Gasteiger partial charge in [0.1, 0.15) is 0 Å². The molecule has 0 spiro atoms. The van der Waals surface area contributed by atoms with Crippen LogP contribution in [0.4, 0.5) is 0 Å². The second kappa shape index (κ2) is 11.3. The number of nitriles is 1. The molecule has 0 aliphatic rings. The Hall–Kier alpha value is -0.770. The highest BCUT2D eigenvalue weighted by Crippen LogP contribution is 2.11. The molecule has 0 aliphatic carbocycles. The average molecular weight is 207 g/mol. The lowest BCUT2D eigenvalue weighted by Gasteiger charge is -2.03. The maximum Gasteiger partial charge on any atom is 0.0663 e. The zero-order valence-corrected chi connectivity index (χ0v) is 10.3. The second-order valence-electron chi connectivity index (χ2n) is 4.57. The molecule has 0 saturated heterocycles. The van der Waals surface area contributed by atoms with E-state index in [-0.39, 0.29) is 0 Å². The molecule has 0 heterocycles. The van der Waals surface area contributed by atoms with Gasteiger partial charge in [0.15, 0.2) is 0 Å². The smallest absolute Gasteiger partial charge is 0.0663 e. The van der Waals surface area contributed by atoms with E-state index in [9.17, 15) is 0 Å². The number of unbranched alkanes of at least 4 members (excludes halogenated alkanes) is 5. The molecule has 0 atom stereocenters. The molecular weight excluding hydrogens is 182 g/mol. The fourth-order valence-electron chi connectivity index (χ4n) is 1.60. The zero-order valence-electron chi connectivity index (χ0n) is 10.3. The molecule has 0 rings (SSSR count). The Kier molecular flexibility index (Phi) is 10.7. The summed E-state index contributed by atoms with van der Waals surface area (Å²) in [5.41, 5.74) is 0. The third kappa shape index (κ3) is 13.2. The molecule has 0 fully saturated rings. The number of hydrogen-bond acceptors (Lipinski definition) is 1. The SMILES string of the molecule is CC(C)CCCCCCCC=CCC#N. The molecule has 0 radical (unpaired) electrons. The molecule has 0 unspecified atom stereocenters. The van der Waals surface area contributed by atoms with Crippen molar-refractivity contribution in [2.45, 2.75) is 65.2 Å². The lowest BCUT2D eigenvalue weighted by atomic mass is 10.0. The van der Waals surface area contributed by atoms with E-state index in [0.717, 1.165) is 12.3 Å². The average Bonchev–Trinajstić information content (AvgIpc) is 2.20. The normalized spacial score (nSPS) is 11.1. The summed E-state index contributed by atoms with van der Waals surface area (Å²) in [7, 11) is 0. The Morgan fingerprint density at radius 2 is 1.67 bits per heavy atom. The van der Waals surface area contributed by atoms with E-state index >= 15 is 0 Å². The standard InChI is InChI=1S/C14H25N/c1-14(2)12-10-8-6-4-3-5-7-9-11-13-15/h7,9,14H,3-6,8,10-12H2,1-2H3. The third-order valence-electron chi connectivity index (χ3n) is 2.53. The first-order chi connectivity index (χ1) is 7.27. The quantitative estimate of drug-likeness (QED) is 0.392. The highest BCUT2D eigenvalue weighted by molar-refractivity contribution is 4.90. The van der Waals surface area contributed by atoms with Crippen LogP contribution in [-0.4, -0.2) is 0 Å². The molecule has 0 saturated carbocycles. The first kappa shape index (κ1) is 14.2. The van der Waals surface area contributed by atoms with Crippen molar-refractivity contribution in [3.63, 3.8) is 0 Å². The van der Waals surface area contributed by atoms with Gasteiger partial charge in [-0.2, -0.15) is 5.26 Å². The van der Waals surface area contributed by atoms with Crippen LogP contribution in [0.5, 0.6) is 0 Å². The highest BCUT2D eigenvalue weighted by Gasteiger charge is 1.93. The first-order valence-electron chi connectivity index (χ1n) is 6.29. The minimum Gasteiger partial charge on any atom is -0.198 e. The molecule has 0 aromatic heterocycles. The van der Waals surface area contributed by atoms with Crippen LogP contribution < -0.4 is 0 Å². The van der Waals surface area contributed by atoms with Crippen LogP contribution in [0.3, 0.4) is 0 Å². The number of allylic oxidation sites excluding steroid dienone is 2. The van der Waals surface area contributed by atoms with Gasteiger partial charge in [0.2, 0.25) is 0 Å². The van der Waals surface area contributed by atoms with Gasteiger partial charge in [0.05, 0.1) is 12.5 Å². The number of rotatable bonds is 9. The summed E-state index contributed by atoms with van der Waals surface area (Å²) < 4.78 is 0. The van der Waals surface area contributed by atoms with Crippen molar-refractivity contribution < 1.29 is 0 Å². The molecule has 86 valence electrons. The van der Waals surface area contributed by atoms with Gasteiger partial charge in [-0.05, 0) is 18.8 Å². The third-order valence-corrected chi connectivity index (χ3v) is 2.53.